The van der Waals surface area contributed by atoms with Crippen molar-refractivity contribution in [2.45, 2.75) is 43.9 Å². The van der Waals surface area contributed by atoms with Crippen LogP contribution in [0.4, 0.5) is 0 Å². The molecule has 0 saturated carbocycles. The van der Waals surface area contributed by atoms with Gasteiger partial charge < -0.3 is 9.47 Å². The minimum Gasteiger partial charge on any atom is -0.496 e. The van der Waals surface area contributed by atoms with Crippen molar-refractivity contribution in [3.8, 4) is 5.75 Å². The van der Waals surface area contributed by atoms with E-state index in [-0.39, 0.29) is 11.6 Å². The molecule has 3 rings (SSSR count). The molecule has 1 N–H and O–H groups in total. The first-order chi connectivity index (χ1) is 11.9. The van der Waals surface area contributed by atoms with Gasteiger partial charge >= 0.3 is 0 Å². The smallest absolute Gasteiger partial charge is 0.208 e. The largest absolute Gasteiger partial charge is 0.496 e. The van der Waals surface area contributed by atoms with Gasteiger partial charge in [0.15, 0.2) is 0 Å². The molecule has 0 aromatic heterocycles. The van der Waals surface area contributed by atoms with Crippen molar-refractivity contribution in [1.29, 1.82) is 0 Å². The maximum absolute atomic E-state index is 11.5. The Kier molecular flexibility index (Phi) is 5.68. The Morgan fingerprint density at radius 1 is 1.32 bits per heavy atom. The molecular weight excluding hydrogens is 340 g/mol. The number of benzene rings is 1. The van der Waals surface area contributed by atoms with Crippen LogP contribution in [0.1, 0.15) is 31.2 Å². The summed E-state index contributed by atoms with van der Waals surface area (Å²) in [6.07, 6.45) is 4.61. The average Bonchev–Trinajstić information content (AvgIpc) is 2.56. The second-order valence-corrected chi connectivity index (χ2v) is 8.98. The van der Waals surface area contributed by atoms with Crippen LogP contribution in [0.2, 0.25) is 0 Å². The lowest BCUT2D eigenvalue weighted by Gasteiger charge is -2.46. The predicted octanol–water partition coefficient (Wildman–Crippen LogP) is 1.76. The van der Waals surface area contributed by atoms with E-state index in [0.29, 0.717) is 6.61 Å². The summed E-state index contributed by atoms with van der Waals surface area (Å²) in [5.41, 5.74) is 1.01. The first kappa shape index (κ1) is 18.6. The number of hydrogen-bond acceptors (Lipinski definition) is 5. The molecule has 1 atom stereocenters. The van der Waals surface area contributed by atoms with E-state index in [1.807, 2.05) is 18.2 Å². The van der Waals surface area contributed by atoms with Crippen LogP contribution in [0.5, 0.6) is 5.75 Å². The molecule has 2 saturated heterocycles. The van der Waals surface area contributed by atoms with Gasteiger partial charge in [-0.25, -0.2) is 13.1 Å². The summed E-state index contributed by atoms with van der Waals surface area (Å²) in [6, 6.07) is 8.11. The third-order valence-corrected chi connectivity index (χ3v) is 5.99. The number of ether oxygens (including phenoxy) is 2. The molecule has 0 amide bonds. The summed E-state index contributed by atoms with van der Waals surface area (Å²) < 4.78 is 37.3. The SMILES string of the molecule is COc1ccccc1CN1CCC2(CC1)CC(NS(C)(=O)=O)CCO2. The van der Waals surface area contributed by atoms with Gasteiger partial charge in [0.25, 0.3) is 0 Å². The predicted molar refractivity (Wildman–Crippen MR) is 97.2 cm³/mol. The molecule has 6 nitrogen and oxygen atoms in total. The van der Waals surface area contributed by atoms with Crippen LogP contribution in [0.25, 0.3) is 0 Å². The number of para-hydroxylation sites is 1. The van der Waals surface area contributed by atoms with Crippen LogP contribution in [0.3, 0.4) is 0 Å². The molecule has 2 fully saturated rings. The lowest BCUT2D eigenvalue weighted by Crippen LogP contribution is -2.53. The quantitative estimate of drug-likeness (QED) is 0.858. The van der Waals surface area contributed by atoms with Crippen molar-refractivity contribution < 1.29 is 17.9 Å². The fourth-order valence-electron chi connectivity index (χ4n) is 3.97. The zero-order valence-corrected chi connectivity index (χ0v) is 15.8. The van der Waals surface area contributed by atoms with Gasteiger partial charge in [0.1, 0.15) is 5.75 Å². The van der Waals surface area contributed by atoms with Crippen molar-refractivity contribution in [2.24, 2.45) is 0 Å². The van der Waals surface area contributed by atoms with Crippen LogP contribution in [0, 0.1) is 0 Å². The summed E-state index contributed by atoms with van der Waals surface area (Å²) in [7, 11) is -1.46. The summed E-state index contributed by atoms with van der Waals surface area (Å²) >= 11 is 0. The summed E-state index contributed by atoms with van der Waals surface area (Å²) in [6.45, 7) is 3.39. The average molecular weight is 368 g/mol. The summed E-state index contributed by atoms with van der Waals surface area (Å²) in [5.74, 6) is 0.925. The van der Waals surface area contributed by atoms with Crippen LogP contribution in [-0.4, -0.2) is 58.0 Å². The van der Waals surface area contributed by atoms with Gasteiger partial charge in [0.2, 0.25) is 10.0 Å². The van der Waals surface area contributed by atoms with Gasteiger partial charge in [-0.1, -0.05) is 18.2 Å². The first-order valence-corrected chi connectivity index (χ1v) is 10.7. The molecule has 2 heterocycles. The highest BCUT2D eigenvalue weighted by Gasteiger charge is 2.40. The lowest BCUT2D eigenvalue weighted by molar-refractivity contribution is -0.118. The molecule has 1 unspecified atom stereocenters. The van der Waals surface area contributed by atoms with Gasteiger partial charge in [0.05, 0.1) is 19.0 Å². The van der Waals surface area contributed by atoms with Gasteiger partial charge in [-0.15, -0.1) is 0 Å². The van der Waals surface area contributed by atoms with Crippen molar-refractivity contribution in [3.63, 3.8) is 0 Å². The normalized spacial score (nSPS) is 24.3. The summed E-state index contributed by atoms with van der Waals surface area (Å²) in [5, 5.41) is 0. The molecule has 1 aromatic carbocycles. The molecule has 25 heavy (non-hydrogen) atoms. The maximum Gasteiger partial charge on any atom is 0.208 e. The van der Waals surface area contributed by atoms with E-state index in [1.54, 1.807) is 7.11 Å². The third-order valence-electron chi connectivity index (χ3n) is 5.23. The number of likely N-dealkylation sites (tertiary alicyclic amines) is 1. The molecule has 0 radical (unpaired) electrons. The number of piperidine rings is 1. The van der Waals surface area contributed by atoms with E-state index < -0.39 is 10.0 Å². The van der Waals surface area contributed by atoms with Crippen molar-refractivity contribution in [3.05, 3.63) is 29.8 Å². The molecule has 1 aromatic rings. The minimum atomic E-state index is -3.17. The molecule has 0 aliphatic carbocycles. The zero-order chi connectivity index (χ0) is 17.9. The van der Waals surface area contributed by atoms with Crippen LogP contribution in [0.15, 0.2) is 24.3 Å². The second-order valence-electron chi connectivity index (χ2n) is 7.20. The van der Waals surface area contributed by atoms with E-state index in [4.69, 9.17) is 9.47 Å². The fourth-order valence-corrected chi connectivity index (χ4v) is 4.78. The fraction of sp³-hybridized carbons (Fsp3) is 0.667. The number of rotatable bonds is 5. The highest BCUT2D eigenvalue weighted by molar-refractivity contribution is 7.88. The highest BCUT2D eigenvalue weighted by Crippen LogP contribution is 2.36. The number of methoxy groups -OCH3 is 1. The van der Waals surface area contributed by atoms with Crippen LogP contribution >= 0.6 is 0 Å². The highest BCUT2D eigenvalue weighted by atomic mass is 32.2. The second kappa shape index (κ2) is 7.61. The van der Waals surface area contributed by atoms with Gasteiger partial charge in [-0.2, -0.15) is 0 Å². The van der Waals surface area contributed by atoms with Gasteiger partial charge in [-0.3, -0.25) is 4.90 Å². The minimum absolute atomic E-state index is 0.00971. The van der Waals surface area contributed by atoms with E-state index >= 15 is 0 Å². The number of sulfonamides is 1. The molecule has 7 heteroatoms. The Morgan fingerprint density at radius 3 is 2.72 bits per heavy atom. The number of nitrogens with zero attached hydrogens (tertiary/aromatic N) is 1. The molecule has 1 spiro atoms. The van der Waals surface area contributed by atoms with E-state index in [9.17, 15) is 8.42 Å². The summed E-state index contributed by atoms with van der Waals surface area (Å²) in [4.78, 5) is 2.42. The number of hydrogen-bond donors (Lipinski definition) is 1. The number of nitrogens with one attached hydrogen (secondary N) is 1. The zero-order valence-electron chi connectivity index (χ0n) is 15.0. The molecule has 0 bridgehead atoms. The van der Waals surface area contributed by atoms with Crippen molar-refractivity contribution >= 4 is 10.0 Å². The molecule has 2 aliphatic rings. The van der Waals surface area contributed by atoms with E-state index in [0.717, 1.165) is 51.1 Å². The Morgan fingerprint density at radius 2 is 2.04 bits per heavy atom. The monoisotopic (exact) mass is 368 g/mol. The Labute approximate surface area is 150 Å². The topological polar surface area (TPSA) is 67.9 Å². The standard InChI is InChI=1S/C18H28N2O4S/c1-23-17-6-4-3-5-15(17)14-20-10-8-18(9-11-20)13-16(7-12-24-18)19-25(2,21)22/h3-6,16,19H,7-14H2,1-2H3. The van der Waals surface area contributed by atoms with Gasteiger partial charge in [-0.05, 0) is 31.7 Å². The Bertz CT molecular complexity index is 684. The first-order valence-electron chi connectivity index (χ1n) is 8.85. The van der Waals surface area contributed by atoms with Gasteiger partial charge in [0, 0.05) is 37.8 Å². The van der Waals surface area contributed by atoms with Crippen LogP contribution in [-0.2, 0) is 21.3 Å². The maximum atomic E-state index is 11.5. The molecule has 2 aliphatic heterocycles. The van der Waals surface area contributed by atoms with E-state index in [1.165, 1.54) is 11.8 Å². The Hall–Kier alpha value is -1.15. The molecular formula is C18H28N2O4S. The van der Waals surface area contributed by atoms with E-state index in [2.05, 4.69) is 15.7 Å². The van der Waals surface area contributed by atoms with Crippen molar-refractivity contribution in [2.75, 3.05) is 33.1 Å². The molecule has 140 valence electrons. The third kappa shape index (κ3) is 4.94. The van der Waals surface area contributed by atoms with Crippen LogP contribution < -0.4 is 9.46 Å². The van der Waals surface area contributed by atoms with Crippen molar-refractivity contribution in [1.82, 2.24) is 9.62 Å². The Balaban J connectivity index is 1.57. The lowest BCUT2D eigenvalue weighted by atomic mass is 9.82.